The van der Waals surface area contributed by atoms with Crippen molar-refractivity contribution in [1.82, 2.24) is 15.0 Å². The number of aromatic nitrogens is 3. The first-order chi connectivity index (χ1) is 13.5. The van der Waals surface area contributed by atoms with Crippen LogP contribution in [0, 0.1) is 0 Å². The number of halogens is 6. The van der Waals surface area contributed by atoms with Crippen LogP contribution in [-0.4, -0.2) is 15.0 Å². The molecule has 1 heterocycles. The van der Waals surface area contributed by atoms with Crippen LogP contribution in [0.3, 0.4) is 0 Å². The van der Waals surface area contributed by atoms with E-state index in [4.69, 9.17) is 69.6 Å². The molecule has 2 aromatic rings. The Morgan fingerprint density at radius 2 is 1.38 bits per heavy atom. The Morgan fingerprint density at radius 1 is 0.828 bits per heavy atom. The normalized spacial score (nSPS) is 13.1. The summed E-state index contributed by atoms with van der Waals surface area (Å²) in [5.41, 5.74) is 2.46. The fourth-order valence-corrected chi connectivity index (χ4v) is 2.56. The average Bonchev–Trinajstić information content (AvgIpc) is 2.65. The van der Waals surface area contributed by atoms with Gasteiger partial charge in [0.1, 0.15) is 0 Å². The third-order valence-corrected chi connectivity index (χ3v) is 4.43. The van der Waals surface area contributed by atoms with Crippen molar-refractivity contribution in [2.24, 2.45) is 0 Å². The molecule has 0 fully saturated rings. The second-order valence-corrected chi connectivity index (χ2v) is 10.3. The van der Waals surface area contributed by atoms with E-state index in [0.29, 0.717) is 5.56 Å². The number of rotatable bonds is 5. The highest BCUT2D eigenvalue weighted by molar-refractivity contribution is 6.67. The highest BCUT2D eigenvalue weighted by Crippen LogP contribution is 2.40. The second-order valence-electron chi connectivity index (χ2n) is 5.72. The minimum atomic E-state index is -1.90. The van der Waals surface area contributed by atoms with Crippen LogP contribution < -0.4 is 0 Å². The van der Waals surface area contributed by atoms with Crippen LogP contribution in [0.4, 0.5) is 0 Å². The van der Waals surface area contributed by atoms with Crippen LogP contribution in [0.2, 0.25) is 0 Å². The van der Waals surface area contributed by atoms with Gasteiger partial charge in [-0.15, -0.1) is 0 Å². The zero-order valence-corrected chi connectivity index (χ0v) is 19.6. The minimum Gasteiger partial charge on any atom is -0.209 e. The van der Waals surface area contributed by atoms with E-state index in [-0.39, 0.29) is 17.5 Å². The summed E-state index contributed by atoms with van der Waals surface area (Å²) in [6.07, 6.45) is 11.5. The van der Waals surface area contributed by atoms with Gasteiger partial charge in [0.05, 0.1) is 0 Å². The summed E-state index contributed by atoms with van der Waals surface area (Å²) in [4.78, 5) is 12.3. The first-order valence-corrected chi connectivity index (χ1v) is 10.4. The molecule has 0 bridgehead atoms. The largest absolute Gasteiger partial charge is 0.250 e. The quantitative estimate of drug-likeness (QED) is 0.304. The number of benzene rings is 1. The summed E-state index contributed by atoms with van der Waals surface area (Å²) in [5.74, 6) is -0.0547. The molecule has 29 heavy (non-hydrogen) atoms. The number of allylic oxidation sites excluding steroid dienone is 6. The van der Waals surface area contributed by atoms with Crippen molar-refractivity contribution in [1.29, 1.82) is 0 Å². The first-order valence-electron chi connectivity index (χ1n) is 8.18. The Bertz CT molecular complexity index is 919. The molecule has 0 unspecified atom stereocenters. The highest BCUT2D eigenvalue weighted by Gasteiger charge is 2.33. The minimum absolute atomic E-state index is 0.137. The molecule has 0 saturated carbocycles. The van der Waals surface area contributed by atoms with Crippen LogP contribution >= 0.6 is 69.6 Å². The molecule has 0 N–H and O–H groups in total. The summed E-state index contributed by atoms with van der Waals surface area (Å²) >= 11 is 35.4. The Hall–Kier alpha value is -1.07. The van der Waals surface area contributed by atoms with Crippen LogP contribution in [0.15, 0.2) is 66.8 Å². The van der Waals surface area contributed by atoms with Gasteiger partial charge in [-0.3, -0.25) is 0 Å². The Labute approximate surface area is 199 Å². The maximum absolute atomic E-state index is 5.90. The van der Waals surface area contributed by atoms with E-state index in [1.807, 2.05) is 55.5 Å². The van der Waals surface area contributed by atoms with E-state index in [9.17, 15) is 0 Å². The fourth-order valence-electron chi connectivity index (χ4n) is 2.05. The molecule has 0 aliphatic heterocycles. The predicted octanol–water partition coefficient (Wildman–Crippen LogP) is 7.89. The van der Waals surface area contributed by atoms with E-state index >= 15 is 0 Å². The first kappa shape index (κ1) is 24.2. The van der Waals surface area contributed by atoms with Gasteiger partial charge in [0.2, 0.25) is 7.59 Å². The van der Waals surface area contributed by atoms with Crippen molar-refractivity contribution >= 4 is 75.7 Å². The van der Waals surface area contributed by atoms with Crippen LogP contribution in [0.1, 0.15) is 24.1 Å². The summed E-state index contributed by atoms with van der Waals surface area (Å²) < 4.78 is -3.79. The zero-order valence-electron chi connectivity index (χ0n) is 15.1. The molecule has 2 rings (SSSR count). The SMILES string of the molecule is C=C(/C=C\C=C/C)/C=C/c1ccc(-c2nc(C(Cl)(Cl)Cl)nc(C(Cl)(Cl)Cl)n2)cc1. The predicted molar refractivity (Wildman–Crippen MR) is 126 cm³/mol. The molecule has 3 nitrogen and oxygen atoms in total. The maximum atomic E-state index is 5.90. The smallest absolute Gasteiger partial charge is 0.209 e. The molecule has 0 aliphatic rings. The molecule has 0 aliphatic carbocycles. The van der Waals surface area contributed by atoms with Crippen LogP contribution in [0.5, 0.6) is 0 Å². The van der Waals surface area contributed by atoms with Crippen molar-refractivity contribution in [3.05, 3.63) is 84.0 Å². The van der Waals surface area contributed by atoms with Gasteiger partial charge in [0.25, 0.3) is 0 Å². The summed E-state index contributed by atoms with van der Waals surface area (Å²) in [6.45, 7) is 5.91. The molecule has 0 spiro atoms. The van der Waals surface area contributed by atoms with Crippen molar-refractivity contribution in [3.63, 3.8) is 0 Å². The van der Waals surface area contributed by atoms with Gasteiger partial charge in [0.15, 0.2) is 17.5 Å². The third kappa shape index (κ3) is 7.60. The van der Waals surface area contributed by atoms with Crippen molar-refractivity contribution in [2.75, 3.05) is 0 Å². The lowest BCUT2D eigenvalue weighted by atomic mass is 10.1. The topological polar surface area (TPSA) is 38.7 Å². The van der Waals surface area contributed by atoms with Gasteiger partial charge in [0, 0.05) is 5.56 Å². The molecular weight excluding hydrogens is 495 g/mol. The summed E-state index contributed by atoms with van der Waals surface area (Å²) in [7, 11) is 0. The van der Waals surface area contributed by atoms with Crippen LogP contribution in [-0.2, 0) is 7.59 Å². The molecular formula is C20H15Cl6N3. The van der Waals surface area contributed by atoms with E-state index in [0.717, 1.165) is 11.1 Å². The molecule has 1 aromatic heterocycles. The molecule has 152 valence electrons. The monoisotopic (exact) mass is 507 g/mol. The van der Waals surface area contributed by atoms with E-state index < -0.39 is 7.59 Å². The summed E-state index contributed by atoms with van der Waals surface area (Å²) in [5, 5.41) is 0. The number of alkyl halides is 6. The van der Waals surface area contributed by atoms with Gasteiger partial charge in [-0.05, 0) is 18.1 Å². The lowest BCUT2D eigenvalue weighted by Gasteiger charge is -2.15. The Balaban J connectivity index is 2.32. The number of hydrogen-bond acceptors (Lipinski definition) is 3. The van der Waals surface area contributed by atoms with E-state index in [1.165, 1.54) is 0 Å². The molecule has 0 amide bonds. The van der Waals surface area contributed by atoms with E-state index in [1.54, 1.807) is 12.1 Å². The number of hydrogen-bond donors (Lipinski definition) is 0. The molecule has 1 aromatic carbocycles. The fraction of sp³-hybridized carbons (Fsp3) is 0.150. The highest BCUT2D eigenvalue weighted by atomic mass is 35.6. The van der Waals surface area contributed by atoms with Crippen molar-refractivity contribution in [3.8, 4) is 11.4 Å². The average molecular weight is 510 g/mol. The summed E-state index contributed by atoms with van der Waals surface area (Å²) in [6, 6.07) is 7.36. The van der Waals surface area contributed by atoms with Gasteiger partial charge < -0.3 is 0 Å². The van der Waals surface area contributed by atoms with Gasteiger partial charge in [-0.1, -0.05) is 137 Å². The molecule has 0 radical (unpaired) electrons. The Morgan fingerprint density at radius 3 is 1.86 bits per heavy atom. The lowest BCUT2D eigenvalue weighted by Crippen LogP contribution is -2.16. The van der Waals surface area contributed by atoms with Crippen molar-refractivity contribution < 1.29 is 0 Å². The number of nitrogens with zero attached hydrogens (tertiary/aromatic N) is 3. The van der Waals surface area contributed by atoms with Gasteiger partial charge in [-0.25, -0.2) is 15.0 Å². The van der Waals surface area contributed by atoms with Crippen molar-refractivity contribution in [2.45, 2.75) is 14.5 Å². The van der Waals surface area contributed by atoms with Gasteiger partial charge in [-0.2, -0.15) is 0 Å². The van der Waals surface area contributed by atoms with Crippen LogP contribution in [0.25, 0.3) is 17.5 Å². The second kappa shape index (κ2) is 10.3. The van der Waals surface area contributed by atoms with Gasteiger partial charge >= 0.3 is 0 Å². The van der Waals surface area contributed by atoms with E-state index in [2.05, 4.69) is 21.5 Å². The molecule has 0 saturated heterocycles. The Kier molecular flexibility index (Phi) is 8.59. The maximum Gasteiger partial charge on any atom is 0.250 e. The third-order valence-electron chi connectivity index (χ3n) is 3.42. The lowest BCUT2D eigenvalue weighted by molar-refractivity contribution is 0.851. The molecule has 9 heteroatoms. The standard InChI is InChI=1S/C20H15Cl6N3/c1-3-4-5-6-13(2)7-8-14-9-11-15(12-10-14)16-27-17(19(21,22)23)29-18(28-16)20(24,25)26/h3-12H,2H2,1H3/b4-3-,6-5-,8-7+. The zero-order chi connectivity index (χ0) is 21.7. The molecule has 0 atom stereocenters.